The number of hydrogen-bond acceptors (Lipinski definition) is 2. The molecular formula is C23H19Cl2F3N2O. The van der Waals surface area contributed by atoms with Gasteiger partial charge in [-0.2, -0.15) is 18.3 Å². The number of halogens is 5. The highest BCUT2D eigenvalue weighted by molar-refractivity contribution is 6.36. The predicted molar refractivity (Wildman–Crippen MR) is 118 cm³/mol. The molecule has 0 aliphatic heterocycles. The average molecular weight is 467 g/mol. The third-order valence-electron chi connectivity index (χ3n) is 4.94. The van der Waals surface area contributed by atoms with Gasteiger partial charge in [0.15, 0.2) is 0 Å². The predicted octanol–water partition coefficient (Wildman–Crippen LogP) is 7.49. The molecule has 3 nitrogen and oxygen atoms in total. The van der Waals surface area contributed by atoms with Crippen LogP contribution in [0.1, 0.15) is 41.2 Å². The Morgan fingerprint density at radius 2 is 1.77 bits per heavy atom. The minimum absolute atomic E-state index is 0.402. The number of aryl methyl sites for hydroxylation is 1. The normalized spacial score (nSPS) is 12.3. The molecule has 0 aliphatic rings. The lowest BCUT2D eigenvalue weighted by Crippen LogP contribution is -2.12. The van der Waals surface area contributed by atoms with Gasteiger partial charge in [0, 0.05) is 22.2 Å². The maximum atomic E-state index is 12.9. The third-order valence-corrected chi connectivity index (χ3v) is 5.49. The molecule has 1 aromatic heterocycles. The van der Waals surface area contributed by atoms with Crippen LogP contribution in [0, 0.1) is 6.92 Å². The number of aromatic nitrogens is 2. The first-order valence-electron chi connectivity index (χ1n) is 9.47. The molecule has 0 unspecified atom stereocenters. The number of carbonyl (C=O) groups excluding carboxylic acids is 1. The van der Waals surface area contributed by atoms with Gasteiger partial charge in [-0.25, -0.2) is 4.68 Å². The van der Waals surface area contributed by atoms with Gasteiger partial charge in [-0.15, -0.1) is 0 Å². The summed E-state index contributed by atoms with van der Waals surface area (Å²) >= 11 is 12.4. The lowest BCUT2D eigenvalue weighted by Gasteiger charge is -2.08. The Morgan fingerprint density at radius 3 is 2.32 bits per heavy atom. The summed E-state index contributed by atoms with van der Waals surface area (Å²) < 4.78 is 39.6. The van der Waals surface area contributed by atoms with E-state index in [-0.39, 0.29) is 0 Å². The van der Waals surface area contributed by atoms with Crippen molar-refractivity contribution in [2.75, 3.05) is 0 Å². The van der Waals surface area contributed by atoms with E-state index < -0.39 is 17.6 Å². The molecule has 0 N–H and O–H groups in total. The lowest BCUT2D eigenvalue weighted by atomic mass is 10.0. The summed E-state index contributed by atoms with van der Waals surface area (Å²) in [5, 5.41) is 5.40. The summed E-state index contributed by atoms with van der Waals surface area (Å²) in [4.78, 5) is 12.9. The second-order valence-electron chi connectivity index (χ2n) is 7.04. The largest absolute Gasteiger partial charge is 0.416 e. The van der Waals surface area contributed by atoms with Gasteiger partial charge in [-0.3, -0.25) is 4.79 Å². The second kappa shape index (κ2) is 8.89. The summed E-state index contributed by atoms with van der Waals surface area (Å²) in [6, 6.07) is 9.80. The van der Waals surface area contributed by atoms with Gasteiger partial charge in [0.05, 0.1) is 22.0 Å². The summed E-state index contributed by atoms with van der Waals surface area (Å²) in [6.45, 7) is 5.36. The van der Waals surface area contributed by atoms with Crippen LogP contribution in [0.3, 0.4) is 0 Å². The number of benzene rings is 2. The van der Waals surface area contributed by atoms with Gasteiger partial charge < -0.3 is 0 Å². The van der Waals surface area contributed by atoms with Crippen LogP contribution in [0.15, 0.2) is 48.5 Å². The fraction of sp³-hybridized carbons (Fsp3) is 0.217. The van der Waals surface area contributed by atoms with Crippen LogP contribution in [-0.4, -0.2) is 15.7 Å². The molecule has 0 fully saturated rings. The Hall–Kier alpha value is -2.57. The Labute approximate surface area is 188 Å². The molecular weight excluding hydrogens is 448 g/mol. The number of carbonyl (C=O) groups is 1. The van der Waals surface area contributed by atoms with Crippen molar-refractivity contribution in [1.29, 1.82) is 0 Å². The zero-order valence-electron chi connectivity index (χ0n) is 17.0. The van der Waals surface area contributed by atoms with E-state index >= 15 is 0 Å². The van der Waals surface area contributed by atoms with Crippen LogP contribution in [0.4, 0.5) is 13.2 Å². The van der Waals surface area contributed by atoms with Crippen molar-refractivity contribution in [3.05, 3.63) is 81.1 Å². The van der Waals surface area contributed by atoms with Gasteiger partial charge in [-0.05, 0) is 55.7 Å². The highest BCUT2D eigenvalue weighted by Crippen LogP contribution is 2.35. The highest BCUT2D eigenvalue weighted by atomic mass is 35.5. The van der Waals surface area contributed by atoms with Crippen molar-refractivity contribution in [3.8, 4) is 11.1 Å². The second-order valence-corrected chi connectivity index (χ2v) is 7.88. The molecule has 8 heteroatoms. The van der Waals surface area contributed by atoms with E-state index in [0.29, 0.717) is 39.0 Å². The Balaban J connectivity index is 1.97. The number of rotatable bonds is 4. The first-order valence-corrected chi connectivity index (χ1v) is 10.2. The third kappa shape index (κ3) is 4.86. The topological polar surface area (TPSA) is 34.9 Å². The molecule has 3 aromatic rings. The van der Waals surface area contributed by atoms with Crippen LogP contribution in [0.2, 0.25) is 10.0 Å². The van der Waals surface area contributed by atoms with E-state index in [1.54, 1.807) is 32.0 Å². The number of allylic oxidation sites excluding steroid dienone is 2. The summed E-state index contributed by atoms with van der Waals surface area (Å²) in [6.07, 6.45) is -2.47. The van der Waals surface area contributed by atoms with Crippen LogP contribution < -0.4 is 0 Å². The van der Waals surface area contributed by atoms with Crippen LogP contribution in [0.25, 0.3) is 16.7 Å². The molecule has 0 saturated carbocycles. The van der Waals surface area contributed by atoms with Crippen LogP contribution in [-0.2, 0) is 12.6 Å². The van der Waals surface area contributed by atoms with Crippen molar-refractivity contribution in [1.82, 2.24) is 9.78 Å². The SMILES string of the molecule is CCc1nn(C(=O)/C=C(\C)c2ccc(C(F)(F)F)cc2)c(C)c1-c1ccc(Cl)cc1Cl. The van der Waals surface area contributed by atoms with Crippen molar-refractivity contribution in [3.63, 3.8) is 0 Å². The van der Waals surface area contributed by atoms with Crippen molar-refractivity contribution in [2.45, 2.75) is 33.4 Å². The van der Waals surface area contributed by atoms with Gasteiger partial charge >= 0.3 is 6.18 Å². The lowest BCUT2D eigenvalue weighted by molar-refractivity contribution is -0.137. The van der Waals surface area contributed by atoms with Gasteiger partial charge in [0.1, 0.15) is 0 Å². The fourth-order valence-electron chi connectivity index (χ4n) is 3.32. The van der Waals surface area contributed by atoms with E-state index in [4.69, 9.17) is 23.2 Å². The first-order chi connectivity index (χ1) is 14.5. The fourth-order valence-corrected chi connectivity index (χ4v) is 3.82. The van der Waals surface area contributed by atoms with Gasteiger partial charge in [-0.1, -0.05) is 48.3 Å². The molecule has 0 saturated heterocycles. The van der Waals surface area contributed by atoms with Crippen LogP contribution >= 0.6 is 23.2 Å². The van der Waals surface area contributed by atoms with Crippen LogP contribution in [0.5, 0.6) is 0 Å². The highest BCUT2D eigenvalue weighted by Gasteiger charge is 2.30. The molecule has 1 heterocycles. The molecule has 31 heavy (non-hydrogen) atoms. The van der Waals surface area contributed by atoms with Crippen molar-refractivity contribution < 1.29 is 18.0 Å². The molecule has 2 aromatic carbocycles. The number of alkyl halides is 3. The van der Waals surface area contributed by atoms with E-state index in [9.17, 15) is 18.0 Å². The molecule has 0 bridgehead atoms. The minimum atomic E-state index is -4.41. The number of nitrogens with zero attached hydrogens (tertiary/aromatic N) is 2. The molecule has 0 aliphatic carbocycles. The van der Waals surface area contributed by atoms with E-state index in [0.717, 1.165) is 23.3 Å². The Bertz CT molecular complexity index is 1160. The Kier molecular flexibility index (Phi) is 6.62. The standard InChI is InChI=1S/C23H19Cl2F3N2O/c1-4-20-22(18-10-9-17(24)12-19(18)25)14(3)30(29-20)21(31)11-13(2)15-5-7-16(8-6-15)23(26,27)28/h5-12H,4H2,1-3H3/b13-11+. The molecule has 0 radical (unpaired) electrons. The molecule has 0 spiro atoms. The van der Waals surface area contributed by atoms with Crippen molar-refractivity contribution >= 4 is 34.7 Å². The van der Waals surface area contributed by atoms with E-state index in [1.807, 2.05) is 6.92 Å². The Morgan fingerprint density at radius 1 is 1.13 bits per heavy atom. The quantitative estimate of drug-likeness (QED) is 0.373. The minimum Gasteiger partial charge on any atom is -0.267 e. The first kappa shape index (κ1) is 23.1. The average Bonchev–Trinajstić information content (AvgIpc) is 3.04. The molecule has 3 rings (SSSR count). The summed E-state index contributed by atoms with van der Waals surface area (Å²) in [7, 11) is 0. The zero-order valence-corrected chi connectivity index (χ0v) is 18.5. The smallest absolute Gasteiger partial charge is 0.267 e. The van der Waals surface area contributed by atoms with E-state index in [1.165, 1.54) is 22.9 Å². The molecule has 0 atom stereocenters. The monoisotopic (exact) mass is 466 g/mol. The zero-order chi connectivity index (χ0) is 22.9. The van der Waals surface area contributed by atoms with E-state index in [2.05, 4.69) is 5.10 Å². The molecule has 0 amide bonds. The summed E-state index contributed by atoms with van der Waals surface area (Å²) in [5.74, 6) is -0.402. The maximum Gasteiger partial charge on any atom is 0.416 e. The van der Waals surface area contributed by atoms with Gasteiger partial charge in [0.25, 0.3) is 5.91 Å². The summed E-state index contributed by atoms with van der Waals surface area (Å²) in [5.41, 5.74) is 3.11. The van der Waals surface area contributed by atoms with Crippen molar-refractivity contribution in [2.24, 2.45) is 0 Å². The van der Waals surface area contributed by atoms with Gasteiger partial charge in [0.2, 0.25) is 0 Å². The molecule has 162 valence electrons. The number of hydrogen-bond donors (Lipinski definition) is 0. The maximum absolute atomic E-state index is 12.9.